The molecule has 2 aromatic heterocycles. The van der Waals surface area contributed by atoms with E-state index in [0.29, 0.717) is 43.9 Å². The molecule has 2 aromatic rings. The van der Waals surface area contributed by atoms with Crippen molar-refractivity contribution >= 4 is 35.3 Å². The molecule has 0 bridgehead atoms. The molecule has 1 saturated heterocycles. The Balaban J connectivity index is 1.38. The van der Waals surface area contributed by atoms with Gasteiger partial charge in [-0.3, -0.25) is 14.6 Å². The number of morpholine rings is 1. The Labute approximate surface area is 207 Å². The molecule has 2 amide bonds. The van der Waals surface area contributed by atoms with E-state index in [4.69, 9.17) is 14.2 Å². The fourth-order valence-corrected chi connectivity index (χ4v) is 4.27. The lowest BCUT2D eigenvalue weighted by Crippen LogP contribution is -2.48. The number of amides is 2. The maximum absolute atomic E-state index is 12.6. The first-order valence-electron chi connectivity index (χ1n) is 10.7. The highest BCUT2D eigenvalue weighted by atomic mass is 32.2. The minimum absolute atomic E-state index is 0.0191. The van der Waals surface area contributed by atoms with E-state index >= 15 is 0 Å². The molecule has 1 atom stereocenters. The zero-order valence-electron chi connectivity index (χ0n) is 19.3. The Kier molecular flexibility index (Phi) is 10.9. The predicted octanol–water partition coefficient (Wildman–Crippen LogP) is 1.40. The second-order valence-corrected chi connectivity index (χ2v) is 9.14. The van der Waals surface area contributed by atoms with Crippen molar-refractivity contribution in [2.24, 2.45) is 0 Å². The number of hydrogen-bond acceptors (Lipinski definition) is 10. The summed E-state index contributed by atoms with van der Waals surface area (Å²) in [6.07, 6.45) is 5.00. The summed E-state index contributed by atoms with van der Waals surface area (Å²) in [5, 5.41) is 3.45. The molecule has 0 spiro atoms. The molecule has 1 aliphatic heterocycles. The summed E-state index contributed by atoms with van der Waals surface area (Å²) in [4.78, 5) is 39.1. The average molecular weight is 508 g/mol. The standard InChI is InChI=1S/C22H29N5O5S2/c1-30-12-17-9-20(26-22(25-17)33-2)32-13-18-11-27(7-8-31-18)21(29)15-34-14-19(28)24-10-16-3-5-23-6-4-16/h3-6,9,18H,7-8,10-15H2,1-2H3,(H,24,28). The fourth-order valence-electron chi connectivity index (χ4n) is 3.14. The highest BCUT2D eigenvalue weighted by molar-refractivity contribution is 8.00. The van der Waals surface area contributed by atoms with Crippen molar-refractivity contribution in [2.75, 3.05) is 51.2 Å². The monoisotopic (exact) mass is 507 g/mol. The summed E-state index contributed by atoms with van der Waals surface area (Å²) in [5.41, 5.74) is 1.72. The van der Waals surface area contributed by atoms with Gasteiger partial charge in [-0.1, -0.05) is 11.8 Å². The summed E-state index contributed by atoms with van der Waals surface area (Å²) < 4.78 is 16.7. The number of aromatic nitrogens is 3. The first-order chi connectivity index (χ1) is 16.6. The predicted molar refractivity (Wildman–Crippen MR) is 130 cm³/mol. The fraction of sp³-hybridized carbons (Fsp3) is 0.500. The van der Waals surface area contributed by atoms with Crippen molar-refractivity contribution in [3.05, 3.63) is 41.9 Å². The SMILES string of the molecule is COCc1cc(OCC2CN(C(=O)CSCC(=O)NCc3ccncc3)CCO2)nc(SC)n1. The molecule has 3 rings (SSSR count). The van der Waals surface area contributed by atoms with Crippen LogP contribution >= 0.6 is 23.5 Å². The molecule has 34 heavy (non-hydrogen) atoms. The molecule has 0 aromatic carbocycles. The summed E-state index contributed by atoms with van der Waals surface area (Å²) in [6, 6.07) is 5.44. The van der Waals surface area contributed by atoms with Gasteiger partial charge in [0.2, 0.25) is 17.7 Å². The molecule has 0 radical (unpaired) electrons. The zero-order valence-corrected chi connectivity index (χ0v) is 20.9. The lowest BCUT2D eigenvalue weighted by molar-refractivity contribution is -0.137. The molecule has 0 saturated carbocycles. The van der Waals surface area contributed by atoms with Crippen LogP contribution in [0.15, 0.2) is 35.7 Å². The van der Waals surface area contributed by atoms with Gasteiger partial charge in [-0.25, -0.2) is 4.98 Å². The van der Waals surface area contributed by atoms with Crippen molar-refractivity contribution in [3.8, 4) is 5.88 Å². The molecular formula is C22H29N5O5S2. The number of rotatable bonds is 12. The molecule has 184 valence electrons. The van der Waals surface area contributed by atoms with E-state index in [-0.39, 0.29) is 36.0 Å². The molecule has 1 fully saturated rings. The summed E-state index contributed by atoms with van der Waals surface area (Å²) >= 11 is 2.73. The first-order valence-corrected chi connectivity index (χ1v) is 13.1. The van der Waals surface area contributed by atoms with E-state index in [2.05, 4.69) is 20.3 Å². The minimum Gasteiger partial charge on any atom is -0.475 e. The number of pyridine rings is 1. The van der Waals surface area contributed by atoms with Gasteiger partial charge in [0.25, 0.3) is 0 Å². The van der Waals surface area contributed by atoms with Crippen molar-refractivity contribution in [1.82, 2.24) is 25.2 Å². The molecule has 12 heteroatoms. The highest BCUT2D eigenvalue weighted by Crippen LogP contribution is 2.17. The van der Waals surface area contributed by atoms with Crippen LogP contribution in [0.3, 0.4) is 0 Å². The van der Waals surface area contributed by atoms with E-state index in [1.54, 1.807) is 30.5 Å². The van der Waals surface area contributed by atoms with Crippen molar-refractivity contribution in [3.63, 3.8) is 0 Å². The van der Waals surface area contributed by atoms with Gasteiger partial charge in [0.1, 0.15) is 12.7 Å². The van der Waals surface area contributed by atoms with Gasteiger partial charge >= 0.3 is 0 Å². The van der Waals surface area contributed by atoms with Crippen LogP contribution < -0.4 is 10.1 Å². The van der Waals surface area contributed by atoms with E-state index < -0.39 is 0 Å². The Morgan fingerprint density at radius 3 is 2.85 bits per heavy atom. The molecular weight excluding hydrogens is 478 g/mol. The third kappa shape index (κ3) is 8.75. The second-order valence-electron chi connectivity index (χ2n) is 7.39. The molecule has 1 aliphatic rings. The quantitative estimate of drug-likeness (QED) is 0.334. The van der Waals surface area contributed by atoms with Crippen LogP contribution in [0, 0.1) is 0 Å². The van der Waals surface area contributed by atoms with Gasteiger partial charge in [0.15, 0.2) is 5.16 Å². The second kappa shape index (κ2) is 14.1. The number of thioether (sulfide) groups is 2. The van der Waals surface area contributed by atoms with Gasteiger partial charge in [-0.15, -0.1) is 11.8 Å². The van der Waals surface area contributed by atoms with Crippen LogP contribution in [-0.2, 0) is 32.2 Å². The lowest BCUT2D eigenvalue weighted by atomic mass is 10.3. The van der Waals surface area contributed by atoms with Gasteiger partial charge < -0.3 is 24.4 Å². The van der Waals surface area contributed by atoms with E-state index in [0.717, 1.165) is 11.3 Å². The Hall–Kier alpha value is -2.41. The molecule has 10 nitrogen and oxygen atoms in total. The summed E-state index contributed by atoms with van der Waals surface area (Å²) in [6.45, 7) is 2.47. The first kappa shape index (κ1) is 26.2. The van der Waals surface area contributed by atoms with Crippen LogP contribution in [0.5, 0.6) is 5.88 Å². The van der Waals surface area contributed by atoms with Gasteiger partial charge in [0.05, 0.1) is 37.0 Å². The van der Waals surface area contributed by atoms with Crippen LogP contribution in [0.2, 0.25) is 0 Å². The van der Waals surface area contributed by atoms with E-state index in [1.807, 2.05) is 18.4 Å². The highest BCUT2D eigenvalue weighted by Gasteiger charge is 2.25. The third-order valence-corrected chi connectivity index (χ3v) is 6.28. The topological polar surface area (TPSA) is 116 Å². The van der Waals surface area contributed by atoms with Crippen LogP contribution in [0.4, 0.5) is 0 Å². The Morgan fingerprint density at radius 2 is 2.09 bits per heavy atom. The molecule has 1 N–H and O–H groups in total. The van der Waals surface area contributed by atoms with E-state index in [1.165, 1.54) is 23.5 Å². The maximum atomic E-state index is 12.6. The minimum atomic E-state index is -0.259. The third-order valence-electron chi connectivity index (χ3n) is 4.82. The maximum Gasteiger partial charge on any atom is 0.232 e. The van der Waals surface area contributed by atoms with Crippen LogP contribution in [-0.4, -0.2) is 88.9 Å². The molecule has 1 unspecified atom stereocenters. The van der Waals surface area contributed by atoms with E-state index in [9.17, 15) is 9.59 Å². The van der Waals surface area contributed by atoms with Crippen LogP contribution in [0.25, 0.3) is 0 Å². The summed E-state index contributed by atoms with van der Waals surface area (Å²) in [5.74, 6) is 0.786. The molecule has 0 aliphatic carbocycles. The van der Waals surface area contributed by atoms with Gasteiger partial charge in [-0.05, 0) is 24.0 Å². The normalized spacial score (nSPS) is 15.7. The summed E-state index contributed by atoms with van der Waals surface area (Å²) in [7, 11) is 1.61. The number of nitrogens with one attached hydrogen (secondary N) is 1. The van der Waals surface area contributed by atoms with Crippen molar-refractivity contribution < 1.29 is 23.8 Å². The average Bonchev–Trinajstić information content (AvgIpc) is 2.87. The number of ether oxygens (including phenoxy) is 3. The van der Waals surface area contributed by atoms with Gasteiger partial charge in [-0.2, -0.15) is 4.98 Å². The molecule has 3 heterocycles. The number of methoxy groups -OCH3 is 1. The largest absolute Gasteiger partial charge is 0.475 e. The van der Waals surface area contributed by atoms with Crippen molar-refractivity contribution in [2.45, 2.75) is 24.4 Å². The van der Waals surface area contributed by atoms with Gasteiger partial charge in [0, 0.05) is 38.7 Å². The van der Waals surface area contributed by atoms with Crippen LogP contribution in [0.1, 0.15) is 11.3 Å². The number of carbonyl (C=O) groups is 2. The number of nitrogens with zero attached hydrogens (tertiary/aromatic N) is 4. The number of hydrogen-bond donors (Lipinski definition) is 1. The lowest BCUT2D eigenvalue weighted by Gasteiger charge is -2.32. The number of carbonyl (C=O) groups excluding carboxylic acids is 2. The Bertz CT molecular complexity index is 937. The smallest absolute Gasteiger partial charge is 0.232 e. The zero-order chi connectivity index (χ0) is 24.2. The Morgan fingerprint density at radius 1 is 1.26 bits per heavy atom. The van der Waals surface area contributed by atoms with Crippen molar-refractivity contribution in [1.29, 1.82) is 0 Å².